The predicted molar refractivity (Wildman–Crippen MR) is 52.5 cm³/mol. The lowest BCUT2D eigenvalue weighted by Gasteiger charge is -2.02. The van der Waals surface area contributed by atoms with E-state index in [4.69, 9.17) is 9.84 Å². The van der Waals surface area contributed by atoms with Crippen LogP contribution in [0.1, 0.15) is 5.56 Å². The molecule has 0 amide bonds. The summed E-state index contributed by atoms with van der Waals surface area (Å²) in [5.41, 5.74) is 0.850. The number of carboxylic acids is 1. The molecule has 2 rings (SSSR count). The lowest BCUT2D eigenvalue weighted by Crippen LogP contribution is -2.18. The number of hydrogen-bond donors (Lipinski definition) is 1. The third kappa shape index (κ3) is 2.38. The summed E-state index contributed by atoms with van der Waals surface area (Å²) in [5, 5.41) is 8.53. The Balaban J connectivity index is 1.80. The molecule has 84 valence electrons. The van der Waals surface area contributed by atoms with Gasteiger partial charge in [0.05, 0.1) is 0 Å². The Hall–Kier alpha value is -1.88. The van der Waals surface area contributed by atoms with Gasteiger partial charge in [0.25, 0.3) is 0 Å². The van der Waals surface area contributed by atoms with Crippen molar-refractivity contribution in [2.45, 2.75) is 18.8 Å². The quantitative estimate of drug-likeness (QED) is 0.595. The molecule has 1 aliphatic rings. The van der Waals surface area contributed by atoms with Crippen LogP contribution in [0.2, 0.25) is 0 Å². The first-order valence-electron chi connectivity index (χ1n) is 4.77. The van der Waals surface area contributed by atoms with E-state index in [1.54, 1.807) is 0 Å². The van der Waals surface area contributed by atoms with Crippen molar-refractivity contribution in [2.24, 2.45) is 0 Å². The van der Waals surface area contributed by atoms with Crippen LogP contribution in [0, 0.1) is 0 Å². The van der Waals surface area contributed by atoms with Crippen molar-refractivity contribution >= 4 is 11.9 Å². The molecule has 0 aromatic heterocycles. The fourth-order valence-electron chi connectivity index (χ4n) is 1.29. The molecule has 0 spiro atoms. The van der Waals surface area contributed by atoms with Gasteiger partial charge in [-0.2, -0.15) is 0 Å². The van der Waals surface area contributed by atoms with E-state index in [0.717, 1.165) is 5.56 Å². The van der Waals surface area contributed by atoms with Gasteiger partial charge in [0, 0.05) is 0 Å². The van der Waals surface area contributed by atoms with Gasteiger partial charge in [-0.15, -0.1) is 0 Å². The summed E-state index contributed by atoms with van der Waals surface area (Å²) in [5.74, 6) is -1.77. The molecule has 0 radical (unpaired) electrons. The summed E-state index contributed by atoms with van der Waals surface area (Å²) in [6, 6.07) is 9.15. The lowest BCUT2D eigenvalue weighted by molar-refractivity contribution is -0.147. The van der Waals surface area contributed by atoms with Gasteiger partial charge in [-0.25, -0.2) is 9.59 Å². The number of carbonyl (C=O) groups excluding carboxylic acids is 1. The number of ether oxygens (including phenoxy) is 2. The summed E-state index contributed by atoms with van der Waals surface area (Å²) in [6.45, 7) is 0.131. The molecule has 1 aliphatic heterocycles. The number of benzene rings is 1. The summed E-state index contributed by atoms with van der Waals surface area (Å²) in [7, 11) is 0. The molecule has 16 heavy (non-hydrogen) atoms. The second-order valence-corrected chi connectivity index (χ2v) is 3.41. The first-order valence-corrected chi connectivity index (χ1v) is 4.77. The van der Waals surface area contributed by atoms with Crippen LogP contribution in [0.4, 0.5) is 0 Å². The van der Waals surface area contributed by atoms with Crippen molar-refractivity contribution in [3.8, 4) is 0 Å². The van der Waals surface area contributed by atoms with Gasteiger partial charge >= 0.3 is 11.9 Å². The average molecular weight is 222 g/mol. The predicted octanol–water partition coefficient (Wildman–Crippen LogP) is 0.582. The summed E-state index contributed by atoms with van der Waals surface area (Å²) in [6.07, 6.45) is -1.98. The highest BCUT2D eigenvalue weighted by Crippen LogP contribution is 2.23. The van der Waals surface area contributed by atoms with E-state index in [-0.39, 0.29) is 6.61 Å². The molecule has 2 atom stereocenters. The molecule has 1 N–H and O–H groups in total. The van der Waals surface area contributed by atoms with Crippen LogP contribution < -0.4 is 0 Å². The monoisotopic (exact) mass is 222 g/mol. The first kappa shape index (κ1) is 10.6. The molecule has 5 heteroatoms. The number of aliphatic carboxylic acids is 1. The highest BCUT2D eigenvalue weighted by atomic mass is 16.7. The second kappa shape index (κ2) is 4.32. The molecule has 0 aliphatic carbocycles. The van der Waals surface area contributed by atoms with Crippen molar-refractivity contribution < 1.29 is 24.2 Å². The van der Waals surface area contributed by atoms with E-state index in [1.165, 1.54) is 0 Å². The first-order chi connectivity index (χ1) is 7.68. The maximum Gasteiger partial charge on any atom is 0.339 e. The fourth-order valence-corrected chi connectivity index (χ4v) is 1.29. The van der Waals surface area contributed by atoms with E-state index in [2.05, 4.69) is 4.74 Å². The van der Waals surface area contributed by atoms with Gasteiger partial charge in [0.15, 0.2) is 12.2 Å². The molecule has 0 bridgehead atoms. The molecular weight excluding hydrogens is 212 g/mol. The van der Waals surface area contributed by atoms with Crippen molar-refractivity contribution in [3.05, 3.63) is 35.9 Å². The van der Waals surface area contributed by atoms with Crippen LogP contribution in [0.25, 0.3) is 0 Å². The van der Waals surface area contributed by atoms with Gasteiger partial charge in [-0.1, -0.05) is 30.3 Å². The van der Waals surface area contributed by atoms with Crippen molar-refractivity contribution in [2.75, 3.05) is 0 Å². The molecule has 1 saturated heterocycles. The third-order valence-electron chi connectivity index (χ3n) is 2.19. The molecule has 1 heterocycles. The number of esters is 1. The van der Waals surface area contributed by atoms with Crippen molar-refractivity contribution in [1.82, 2.24) is 0 Å². The van der Waals surface area contributed by atoms with Crippen LogP contribution in [0.5, 0.6) is 0 Å². The molecule has 0 saturated carbocycles. The minimum Gasteiger partial charge on any atom is -0.479 e. The molecule has 5 nitrogen and oxygen atoms in total. The number of epoxide rings is 1. The molecule has 0 unspecified atom stereocenters. The zero-order valence-corrected chi connectivity index (χ0v) is 8.33. The minimum absolute atomic E-state index is 0.131. The van der Waals surface area contributed by atoms with Crippen molar-refractivity contribution in [3.63, 3.8) is 0 Å². The van der Waals surface area contributed by atoms with Crippen LogP contribution in [-0.2, 0) is 25.7 Å². The van der Waals surface area contributed by atoms with E-state index in [9.17, 15) is 9.59 Å². The minimum atomic E-state index is -1.14. The summed E-state index contributed by atoms with van der Waals surface area (Å²) >= 11 is 0. The SMILES string of the molecule is O=C(O)[C@H]1O[C@H]1C(=O)OCc1ccccc1. The molecule has 1 aromatic rings. The topological polar surface area (TPSA) is 76.1 Å². The standard InChI is InChI=1S/C11H10O5/c12-10(13)8-9(16-8)11(14)15-6-7-4-2-1-3-5-7/h1-5,8-9H,6H2,(H,12,13)/t8-,9+/m0/s1. The van der Waals surface area contributed by atoms with E-state index in [1.807, 2.05) is 30.3 Å². The van der Waals surface area contributed by atoms with Gasteiger partial charge in [0.2, 0.25) is 0 Å². The van der Waals surface area contributed by atoms with Crippen molar-refractivity contribution in [1.29, 1.82) is 0 Å². The third-order valence-corrected chi connectivity index (χ3v) is 2.19. The number of carbonyl (C=O) groups is 2. The number of hydrogen-bond acceptors (Lipinski definition) is 4. The van der Waals surface area contributed by atoms with Crippen LogP contribution >= 0.6 is 0 Å². The zero-order chi connectivity index (χ0) is 11.5. The van der Waals surface area contributed by atoms with E-state index in [0.29, 0.717) is 0 Å². The van der Waals surface area contributed by atoms with Gasteiger partial charge < -0.3 is 14.6 Å². The second-order valence-electron chi connectivity index (χ2n) is 3.41. The Morgan fingerprint density at radius 3 is 2.50 bits per heavy atom. The van der Waals surface area contributed by atoms with Crippen LogP contribution in [0.3, 0.4) is 0 Å². The normalized spacial score (nSPS) is 22.5. The number of carboxylic acid groups (broad SMARTS) is 1. The average Bonchev–Trinajstić information content (AvgIpc) is 3.07. The maximum absolute atomic E-state index is 11.3. The molecule has 1 aromatic carbocycles. The van der Waals surface area contributed by atoms with Crippen LogP contribution in [0.15, 0.2) is 30.3 Å². The Bertz CT molecular complexity index is 400. The molecular formula is C11H10O5. The summed E-state index contributed by atoms with van der Waals surface area (Å²) in [4.78, 5) is 21.7. The molecule has 1 fully saturated rings. The highest BCUT2D eigenvalue weighted by Gasteiger charge is 2.51. The fraction of sp³-hybridized carbons (Fsp3) is 0.273. The summed E-state index contributed by atoms with van der Waals surface area (Å²) < 4.78 is 9.56. The Morgan fingerprint density at radius 1 is 1.25 bits per heavy atom. The maximum atomic E-state index is 11.3. The van der Waals surface area contributed by atoms with Crippen LogP contribution in [-0.4, -0.2) is 29.3 Å². The van der Waals surface area contributed by atoms with Gasteiger partial charge in [-0.3, -0.25) is 0 Å². The zero-order valence-electron chi connectivity index (χ0n) is 8.33. The highest BCUT2D eigenvalue weighted by molar-refractivity contribution is 5.88. The number of rotatable bonds is 4. The smallest absolute Gasteiger partial charge is 0.339 e. The van der Waals surface area contributed by atoms with E-state index < -0.39 is 24.1 Å². The Labute approximate surface area is 91.6 Å². The Kier molecular flexibility index (Phi) is 2.87. The Morgan fingerprint density at radius 2 is 1.94 bits per heavy atom. The van der Waals surface area contributed by atoms with E-state index >= 15 is 0 Å². The largest absolute Gasteiger partial charge is 0.479 e. The lowest BCUT2D eigenvalue weighted by atomic mass is 10.2. The van der Waals surface area contributed by atoms with Gasteiger partial charge in [-0.05, 0) is 5.56 Å². The van der Waals surface area contributed by atoms with Gasteiger partial charge in [0.1, 0.15) is 6.61 Å².